The van der Waals surface area contributed by atoms with E-state index in [9.17, 15) is 9.90 Å². The smallest absolute Gasteiger partial charge is 0.236 e. The molecule has 0 spiro atoms. The highest BCUT2D eigenvalue weighted by atomic mass is 16.3. The SMILES string of the molecule is CC(C)N(C)C(=O)CN1C2CCC1CC(O)C2. The van der Waals surface area contributed by atoms with E-state index in [1.54, 1.807) is 0 Å². The third kappa shape index (κ3) is 2.63. The van der Waals surface area contributed by atoms with Gasteiger partial charge in [0, 0.05) is 25.2 Å². The lowest BCUT2D eigenvalue weighted by atomic mass is 10.00. The average molecular weight is 240 g/mol. The minimum absolute atomic E-state index is 0.151. The van der Waals surface area contributed by atoms with Crippen LogP contribution in [0.25, 0.3) is 0 Å². The third-order valence-electron chi connectivity index (χ3n) is 4.35. The van der Waals surface area contributed by atoms with Crippen LogP contribution in [-0.2, 0) is 4.79 Å². The molecule has 2 unspecified atom stereocenters. The van der Waals surface area contributed by atoms with Crippen LogP contribution >= 0.6 is 0 Å². The van der Waals surface area contributed by atoms with Crippen molar-refractivity contribution in [1.82, 2.24) is 9.80 Å². The van der Waals surface area contributed by atoms with Crippen LogP contribution in [0.1, 0.15) is 39.5 Å². The van der Waals surface area contributed by atoms with Gasteiger partial charge in [0.15, 0.2) is 0 Å². The van der Waals surface area contributed by atoms with Crippen LogP contribution in [0.5, 0.6) is 0 Å². The van der Waals surface area contributed by atoms with Gasteiger partial charge in [0.1, 0.15) is 0 Å². The highest BCUT2D eigenvalue weighted by Crippen LogP contribution is 2.35. The topological polar surface area (TPSA) is 43.8 Å². The van der Waals surface area contributed by atoms with Gasteiger partial charge in [-0.15, -0.1) is 0 Å². The van der Waals surface area contributed by atoms with Crippen molar-refractivity contribution in [1.29, 1.82) is 0 Å². The Hall–Kier alpha value is -0.610. The van der Waals surface area contributed by atoms with Crippen LogP contribution in [0.4, 0.5) is 0 Å². The van der Waals surface area contributed by atoms with E-state index < -0.39 is 0 Å². The number of amides is 1. The van der Waals surface area contributed by atoms with Gasteiger partial charge in [-0.3, -0.25) is 9.69 Å². The molecule has 2 fully saturated rings. The molecule has 2 bridgehead atoms. The fourth-order valence-electron chi connectivity index (χ4n) is 3.06. The normalized spacial score (nSPS) is 33.1. The van der Waals surface area contributed by atoms with Crippen molar-refractivity contribution in [3.8, 4) is 0 Å². The number of piperidine rings is 1. The summed E-state index contributed by atoms with van der Waals surface area (Å²) in [5, 5.41) is 9.72. The number of hydrogen-bond donors (Lipinski definition) is 1. The maximum absolute atomic E-state index is 12.1. The second kappa shape index (κ2) is 4.94. The minimum atomic E-state index is -0.151. The summed E-state index contributed by atoms with van der Waals surface area (Å²) in [7, 11) is 1.87. The van der Waals surface area contributed by atoms with Crippen molar-refractivity contribution in [2.75, 3.05) is 13.6 Å². The number of carbonyl (C=O) groups is 1. The van der Waals surface area contributed by atoms with Crippen molar-refractivity contribution in [3.05, 3.63) is 0 Å². The first-order valence-corrected chi connectivity index (χ1v) is 6.68. The third-order valence-corrected chi connectivity index (χ3v) is 4.35. The lowest BCUT2D eigenvalue weighted by Gasteiger charge is -2.37. The molecule has 2 heterocycles. The van der Waals surface area contributed by atoms with Crippen LogP contribution in [-0.4, -0.2) is 58.6 Å². The molecule has 2 rings (SSSR count). The molecule has 0 saturated carbocycles. The molecule has 0 aliphatic carbocycles. The molecule has 0 aromatic heterocycles. The van der Waals surface area contributed by atoms with Crippen LogP contribution in [0.2, 0.25) is 0 Å². The summed E-state index contributed by atoms with van der Waals surface area (Å²) in [4.78, 5) is 16.2. The predicted molar refractivity (Wildman–Crippen MR) is 66.7 cm³/mol. The number of aliphatic hydroxyl groups is 1. The number of hydrogen-bond acceptors (Lipinski definition) is 3. The zero-order valence-corrected chi connectivity index (χ0v) is 11.1. The zero-order valence-electron chi connectivity index (χ0n) is 11.1. The molecule has 1 amide bonds. The molecule has 0 aromatic carbocycles. The van der Waals surface area contributed by atoms with Crippen molar-refractivity contribution in [2.24, 2.45) is 0 Å². The Bertz CT molecular complexity index is 279. The Morgan fingerprint density at radius 1 is 1.35 bits per heavy atom. The molecule has 0 aromatic rings. The van der Waals surface area contributed by atoms with Gasteiger partial charge >= 0.3 is 0 Å². The largest absolute Gasteiger partial charge is 0.393 e. The molecular formula is C13H24N2O2. The summed E-state index contributed by atoms with van der Waals surface area (Å²) in [6, 6.07) is 1.11. The summed E-state index contributed by atoms with van der Waals surface area (Å²) in [6.45, 7) is 4.59. The number of nitrogens with zero attached hydrogens (tertiary/aromatic N) is 2. The number of rotatable bonds is 3. The standard InChI is InChI=1S/C13H24N2O2/c1-9(2)14(3)13(17)8-15-10-4-5-11(15)7-12(16)6-10/h9-12,16H,4-8H2,1-3H3. The van der Waals surface area contributed by atoms with E-state index in [1.807, 2.05) is 25.8 Å². The van der Waals surface area contributed by atoms with Crippen molar-refractivity contribution >= 4 is 5.91 Å². The van der Waals surface area contributed by atoms with E-state index >= 15 is 0 Å². The number of aliphatic hydroxyl groups excluding tert-OH is 1. The summed E-state index contributed by atoms with van der Waals surface area (Å²) in [6.07, 6.45) is 3.81. The molecule has 0 radical (unpaired) electrons. The van der Waals surface area contributed by atoms with E-state index in [-0.39, 0.29) is 18.1 Å². The Labute approximate surface area is 104 Å². The summed E-state index contributed by atoms with van der Waals surface area (Å²) >= 11 is 0. The van der Waals surface area contributed by atoms with E-state index in [1.165, 1.54) is 0 Å². The summed E-state index contributed by atoms with van der Waals surface area (Å²) < 4.78 is 0. The monoisotopic (exact) mass is 240 g/mol. The van der Waals surface area contributed by atoms with Crippen LogP contribution in [0, 0.1) is 0 Å². The number of carbonyl (C=O) groups excluding carboxylic acids is 1. The first-order valence-electron chi connectivity index (χ1n) is 6.68. The zero-order chi connectivity index (χ0) is 12.6. The Kier molecular flexibility index (Phi) is 3.73. The lowest BCUT2D eigenvalue weighted by molar-refractivity contribution is -0.134. The van der Waals surface area contributed by atoms with Crippen molar-refractivity contribution < 1.29 is 9.90 Å². The fraction of sp³-hybridized carbons (Fsp3) is 0.923. The minimum Gasteiger partial charge on any atom is -0.393 e. The van der Waals surface area contributed by atoms with Crippen LogP contribution < -0.4 is 0 Å². The quantitative estimate of drug-likeness (QED) is 0.795. The molecule has 2 atom stereocenters. The van der Waals surface area contributed by atoms with Gasteiger partial charge in [0.25, 0.3) is 0 Å². The Balaban J connectivity index is 1.94. The number of likely N-dealkylation sites (N-methyl/N-ethyl adjacent to an activating group) is 1. The summed E-state index contributed by atoms with van der Waals surface area (Å²) in [5.74, 6) is 0.202. The van der Waals surface area contributed by atoms with E-state index in [4.69, 9.17) is 0 Å². The van der Waals surface area contributed by atoms with Crippen molar-refractivity contribution in [3.63, 3.8) is 0 Å². The molecule has 1 N–H and O–H groups in total. The van der Waals surface area contributed by atoms with Gasteiger partial charge < -0.3 is 10.0 Å². The van der Waals surface area contributed by atoms with Gasteiger partial charge in [-0.25, -0.2) is 0 Å². The molecule has 2 aliphatic rings. The van der Waals surface area contributed by atoms with E-state index in [0.29, 0.717) is 18.6 Å². The molecule has 98 valence electrons. The molecule has 2 aliphatic heterocycles. The lowest BCUT2D eigenvalue weighted by Crippen LogP contribution is -2.50. The van der Waals surface area contributed by atoms with Gasteiger partial charge in [0.05, 0.1) is 12.6 Å². The highest BCUT2D eigenvalue weighted by molar-refractivity contribution is 5.78. The Morgan fingerprint density at radius 2 is 1.88 bits per heavy atom. The highest BCUT2D eigenvalue weighted by Gasteiger charge is 2.41. The second-order valence-electron chi connectivity index (χ2n) is 5.78. The first kappa shape index (κ1) is 12.8. The molecular weight excluding hydrogens is 216 g/mol. The van der Waals surface area contributed by atoms with Crippen LogP contribution in [0.3, 0.4) is 0 Å². The van der Waals surface area contributed by atoms with Gasteiger partial charge in [-0.1, -0.05) is 0 Å². The maximum atomic E-state index is 12.1. The van der Waals surface area contributed by atoms with Gasteiger partial charge in [-0.2, -0.15) is 0 Å². The first-order chi connectivity index (χ1) is 7.99. The van der Waals surface area contributed by atoms with E-state index in [2.05, 4.69) is 4.90 Å². The predicted octanol–water partition coefficient (Wildman–Crippen LogP) is 0.841. The number of fused-ring (bicyclic) bond motifs is 2. The maximum Gasteiger partial charge on any atom is 0.236 e. The van der Waals surface area contributed by atoms with Crippen LogP contribution in [0.15, 0.2) is 0 Å². The fourth-order valence-corrected chi connectivity index (χ4v) is 3.06. The van der Waals surface area contributed by atoms with E-state index in [0.717, 1.165) is 25.7 Å². The average Bonchev–Trinajstić information content (AvgIpc) is 2.49. The molecule has 2 saturated heterocycles. The molecule has 4 nitrogen and oxygen atoms in total. The Morgan fingerprint density at radius 3 is 2.35 bits per heavy atom. The summed E-state index contributed by atoms with van der Waals surface area (Å²) in [5.41, 5.74) is 0. The van der Waals surface area contributed by atoms with Gasteiger partial charge in [-0.05, 0) is 39.5 Å². The second-order valence-corrected chi connectivity index (χ2v) is 5.78. The van der Waals surface area contributed by atoms with Crippen molar-refractivity contribution in [2.45, 2.75) is 63.8 Å². The molecule has 4 heteroatoms. The molecule has 17 heavy (non-hydrogen) atoms. The van der Waals surface area contributed by atoms with Gasteiger partial charge in [0.2, 0.25) is 5.91 Å².